The number of hydrogen-bond donors (Lipinski definition) is 2. The predicted molar refractivity (Wildman–Crippen MR) is 174 cm³/mol. The van der Waals surface area contributed by atoms with Gasteiger partial charge in [0.15, 0.2) is 5.65 Å². The third kappa shape index (κ3) is 5.54. The van der Waals surface area contributed by atoms with Crippen molar-refractivity contribution < 1.29 is 23.4 Å². The van der Waals surface area contributed by atoms with E-state index < -0.39 is 23.6 Å². The fourth-order valence-electron chi connectivity index (χ4n) is 6.01. The molecule has 0 radical (unpaired) electrons. The summed E-state index contributed by atoms with van der Waals surface area (Å²) in [7, 11) is 0. The number of phenolic OH excluding ortho intramolecular Hbond substituents is 1. The minimum absolute atomic E-state index is 0.113. The van der Waals surface area contributed by atoms with Gasteiger partial charge >= 0.3 is 11.7 Å². The number of carbonyl (C=O) groups excluding carboxylic acids is 1. The van der Waals surface area contributed by atoms with Crippen molar-refractivity contribution in [2.75, 3.05) is 18.8 Å². The van der Waals surface area contributed by atoms with Gasteiger partial charge in [0.05, 0.1) is 10.8 Å². The van der Waals surface area contributed by atoms with Gasteiger partial charge in [-0.15, -0.1) is 0 Å². The molecule has 12 heteroatoms. The minimum Gasteiger partial charge on any atom is -0.508 e. The van der Waals surface area contributed by atoms with E-state index in [4.69, 9.17) is 20.0 Å². The Bertz CT molecular complexity index is 2230. The van der Waals surface area contributed by atoms with E-state index in [-0.39, 0.29) is 29.4 Å². The number of nitrogen functional groups attached to an aromatic ring is 1. The molecule has 0 saturated carbocycles. The maximum atomic E-state index is 14.3. The molecule has 4 heterocycles. The highest BCUT2D eigenvalue weighted by Crippen LogP contribution is 2.38. The second-order valence-corrected chi connectivity index (χ2v) is 11.3. The van der Waals surface area contributed by atoms with Gasteiger partial charge in [0, 0.05) is 30.3 Å². The zero-order chi connectivity index (χ0) is 32.7. The number of nitrogens with zero attached hydrogens (tertiary/aromatic N) is 5. The van der Waals surface area contributed by atoms with Crippen molar-refractivity contribution >= 4 is 39.3 Å². The van der Waals surface area contributed by atoms with Gasteiger partial charge in [0.2, 0.25) is 0 Å². The molecule has 6 aromatic rings. The Hall–Kier alpha value is -6.04. The topological polar surface area (TPSA) is 150 Å². The van der Waals surface area contributed by atoms with Crippen LogP contribution >= 0.6 is 0 Å². The Balaban J connectivity index is 1.30. The Morgan fingerprint density at radius 2 is 1.85 bits per heavy atom. The molecule has 3 aromatic carbocycles. The maximum Gasteiger partial charge on any atom is 0.410 e. The van der Waals surface area contributed by atoms with Crippen molar-refractivity contribution in [3.63, 3.8) is 0 Å². The average molecular weight is 633 g/mol. The zero-order valence-corrected chi connectivity index (χ0v) is 25.3. The van der Waals surface area contributed by atoms with Crippen molar-refractivity contribution in [1.29, 1.82) is 0 Å². The largest absolute Gasteiger partial charge is 0.508 e. The lowest BCUT2D eigenvalue weighted by atomic mass is 9.92. The van der Waals surface area contributed by atoms with Crippen molar-refractivity contribution in [3.8, 4) is 17.0 Å². The second-order valence-electron chi connectivity index (χ2n) is 11.3. The van der Waals surface area contributed by atoms with E-state index in [2.05, 4.69) is 9.97 Å². The molecule has 1 unspecified atom stereocenters. The van der Waals surface area contributed by atoms with Crippen LogP contribution in [0, 0.1) is 5.82 Å². The van der Waals surface area contributed by atoms with Gasteiger partial charge in [-0.25, -0.2) is 28.6 Å². The van der Waals surface area contributed by atoms with Crippen LogP contribution in [0.4, 0.5) is 15.0 Å². The molecule has 1 aliphatic heterocycles. The predicted octanol–water partition coefficient (Wildman–Crippen LogP) is 6.06. The van der Waals surface area contributed by atoms with Gasteiger partial charge in [-0.2, -0.15) is 5.10 Å². The van der Waals surface area contributed by atoms with Crippen molar-refractivity contribution in [1.82, 2.24) is 24.6 Å². The van der Waals surface area contributed by atoms with Crippen molar-refractivity contribution in [3.05, 3.63) is 118 Å². The molecular formula is C35H29FN6O5. The van der Waals surface area contributed by atoms with Crippen LogP contribution in [-0.4, -0.2) is 48.9 Å². The Kier molecular flexibility index (Phi) is 7.60. The first kappa shape index (κ1) is 29.7. The second kappa shape index (κ2) is 12.0. The summed E-state index contributed by atoms with van der Waals surface area (Å²) in [6.45, 7) is 2.67. The van der Waals surface area contributed by atoms with Crippen LogP contribution in [0.3, 0.4) is 0 Å². The van der Waals surface area contributed by atoms with E-state index in [0.29, 0.717) is 52.6 Å². The molecule has 0 spiro atoms. The molecule has 47 heavy (non-hydrogen) atoms. The summed E-state index contributed by atoms with van der Waals surface area (Å²) in [5, 5.41) is 16.3. The Morgan fingerprint density at radius 1 is 1.09 bits per heavy atom. The van der Waals surface area contributed by atoms with Crippen LogP contribution in [0.15, 0.2) is 94.4 Å². The molecule has 1 atom stereocenters. The SMILES string of the molecule is CC(c1oc(=O)c2ccccc2c1C1=CCN(C(=O)OCc2ccccc2)CC1)n1nc(-c2cc(O)cc(F)c2)c2c(N)ncnc21. The number of rotatable bonds is 6. The number of benzene rings is 3. The monoisotopic (exact) mass is 632 g/mol. The van der Waals surface area contributed by atoms with E-state index in [0.717, 1.165) is 17.2 Å². The number of aromatic nitrogens is 4. The number of aromatic hydroxyl groups is 1. The van der Waals surface area contributed by atoms with Crippen LogP contribution in [0.2, 0.25) is 0 Å². The van der Waals surface area contributed by atoms with E-state index in [1.54, 1.807) is 21.7 Å². The van der Waals surface area contributed by atoms with Crippen LogP contribution in [0.25, 0.3) is 38.6 Å². The quantitative estimate of drug-likeness (QED) is 0.223. The van der Waals surface area contributed by atoms with Crippen LogP contribution in [-0.2, 0) is 11.3 Å². The van der Waals surface area contributed by atoms with Crippen LogP contribution in [0.5, 0.6) is 5.75 Å². The number of hydrogen-bond acceptors (Lipinski definition) is 9. The molecule has 236 valence electrons. The Morgan fingerprint density at radius 3 is 2.60 bits per heavy atom. The van der Waals surface area contributed by atoms with Gasteiger partial charge in [-0.05, 0) is 48.1 Å². The van der Waals surface area contributed by atoms with Crippen molar-refractivity contribution in [2.45, 2.75) is 26.0 Å². The summed E-state index contributed by atoms with van der Waals surface area (Å²) in [6.07, 6.45) is 3.29. The highest BCUT2D eigenvalue weighted by Gasteiger charge is 2.29. The summed E-state index contributed by atoms with van der Waals surface area (Å²) < 4.78 is 27.5. The van der Waals surface area contributed by atoms with Crippen LogP contribution < -0.4 is 11.4 Å². The number of phenols is 1. The fourth-order valence-corrected chi connectivity index (χ4v) is 6.01. The molecule has 0 bridgehead atoms. The molecular weight excluding hydrogens is 603 g/mol. The lowest BCUT2D eigenvalue weighted by Gasteiger charge is -2.27. The summed E-state index contributed by atoms with van der Waals surface area (Å²) in [6, 6.07) is 19.6. The Labute approximate surface area is 267 Å². The summed E-state index contributed by atoms with van der Waals surface area (Å²) >= 11 is 0. The summed E-state index contributed by atoms with van der Waals surface area (Å²) in [5.74, 6) is -0.496. The molecule has 0 saturated heterocycles. The summed E-state index contributed by atoms with van der Waals surface area (Å²) in [4.78, 5) is 36.4. The zero-order valence-electron chi connectivity index (χ0n) is 25.3. The molecule has 3 N–H and O–H groups in total. The molecule has 1 aliphatic rings. The maximum absolute atomic E-state index is 14.3. The molecule has 0 fully saturated rings. The van der Waals surface area contributed by atoms with Crippen molar-refractivity contribution in [2.24, 2.45) is 0 Å². The third-order valence-corrected chi connectivity index (χ3v) is 8.28. The van der Waals surface area contributed by atoms with E-state index in [9.17, 15) is 19.1 Å². The van der Waals surface area contributed by atoms with Crippen LogP contribution in [0.1, 0.15) is 36.3 Å². The first-order chi connectivity index (χ1) is 22.8. The number of fused-ring (bicyclic) bond motifs is 2. The number of carbonyl (C=O) groups is 1. The number of ether oxygens (including phenoxy) is 1. The normalized spacial score (nSPS) is 13.9. The highest BCUT2D eigenvalue weighted by atomic mass is 19.1. The number of nitrogens with two attached hydrogens (primary N) is 1. The number of amides is 1. The lowest BCUT2D eigenvalue weighted by molar-refractivity contribution is 0.0998. The summed E-state index contributed by atoms with van der Waals surface area (Å²) in [5.41, 5.74) is 9.11. The molecule has 7 rings (SSSR count). The molecule has 1 amide bonds. The van der Waals surface area contributed by atoms with E-state index in [1.165, 1.54) is 18.5 Å². The van der Waals surface area contributed by atoms with Gasteiger partial charge in [0.1, 0.15) is 47.8 Å². The first-order valence-corrected chi connectivity index (χ1v) is 15.0. The number of halogens is 1. The highest BCUT2D eigenvalue weighted by molar-refractivity contribution is 5.99. The van der Waals surface area contributed by atoms with Gasteiger partial charge in [0.25, 0.3) is 0 Å². The minimum atomic E-state index is -0.704. The molecule has 11 nitrogen and oxygen atoms in total. The van der Waals surface area contributed by atoms with Gasteiger partial charge in [-0.3, -0.25) is 0 Å². The van der Waals surface area contributed by atoms with Gasteiger partial charge < -0.3 is 24.9 Å². The standard InChI is InChI=1S/C35H29FN6O5/c1-20(42-33-29(32(37)38-19-39-33)30(40-42)23-15-24(36)17-25(43)16-23)31-28(26-9-5-6-10-27(26)34(44)47-31)22-11-13-41(14-12-22)35(45)46-18-21-7-3-2-4-8-21/h2-11,15-17,19-20,43H,12-14,18H2,1H3,(H2,37,38,39). The number of anilines is 1. The average Bonchev–Trinajstić information content (AvgIpc) is 3.48. The first-order valence-electron chi connectivity index (χ1n) is 15.0. The third-order valence-electron chi connectivity index (χ3n) is 8.28. The van der Waals surface area contributed by atoms with E-state index in [1.807, 2.05) is 55.5 Å². The lowest BCUT2D eigenvalue weighted by Crippen LogP contribution is -2.35. The fraction of sp³-hybridized carbons (Fsp3) is 0.171. The molecule has 3 aromatic heterocycles. The van der Waals surface area contributed by atoms with Gasteiger partial charge in [-0.1, -0.05) is 54.6 Å². The smallest absolute Gasteiger partial charge is 0.410 e. The van der Waals surface area contributed by atoms with E-state index >= 15 is 0 Å². The molecule has 0 aliphatic carbocycles.